The molecule has 0 amide bonds. The van der Waals surface area contributed by atoms with E-state index in [0.717, 1.165) is 18.2 Å². The molecule has 0 aromatic heterocycles. The van der Waals surface area contributed by atoms with Crippen molar-refractivity contribution in [1.29, 1.82) is 0 Å². The van der Waals surface area contributed by atoms with E-state index in [1.54, 1.807) is 0 Å². The van der Waals surface area contributed by atoms with Crippen LogP contribution in [0.15, 0.2) is 42.5 Å². The van der Waals surface area contributed by atoms with Crippen molar-refractivity contribution in [2.45, 2.75) is 0 Å². The predicted molar refractivity (Wildman–Crippen MR) is 76.5 cm³/mol. The van der Waals surface area contributed by atoms with E-state index >= 15 is 0 Å². The van der Waals surface area contributed by atoms with Gasteiger partial charge in [0.25, 0.3) is 11.4 Å². The third kappa shape index (κ3) is 3.73. The largest absolute Gasteiger partial charge is 0.423 e. The Labute approximate surface area is 128 Å². The Kier molecular flexibility index (Phi) is 4.41. The Morgan fingerprint density at radius 1 is 1.00 bits per heavy atom. The number of esters is 1. The van der Waals surface area contributed by atoms with Gasteiger partial charge in [0.2, 0.25) is 0 Å². The van der Waals surface area contributed by atoms with Crippen molar-refractivity contribution in [2.24, 2.45) is 0 Å². The Morgan fingerprint density at radius 2 is 1.61 bits per heavy atom. The second-order valence-electron chi connectivity index (χ2n) is 4.33. The second-order valence-corrected chi connectivity index (χ2v) is 4.33. The van der Waals surface area contributed by atoms with Crippen molar-refractivity contribution in [3.05, 3.63) is 73.8 Å². The SMILES string of the molecule is O=Cc1cccc(OC(=O)c2cc([N+](=O)[O-])cc([N+](=O)[O-])c2)c1. The lowest BCUT2D eigenvalue weighted by atomic mass is 10.1. The van der Waals surface area contributed by atoms with E-state index in [-0.39, 0.29) is 16.9 Å². The maximum atomic E-state index is 12.0. The standard InChI is InChI=1S/C14H8N2O7/c17-8-9-2-1-3-13(4-9)23-14(18)10-5-11(15(19)20)7-12(6-10)16(21)22/h1-8H. The lowest BCUT2D eigenvalue weighted by molar-refractivity contribution is -0.394. The number of rotatable bonds is 5. The summed E-state index contributed by atoms with van der Waals surface area (Å²) in [5, 5.41) is 21.6. The van der Waals surface area contributed by atoms with Crippen LogP contribution < -0.4 is 4.74 Å². The van der Waals surface area contributed by atoms with Gasteiger partial charge in [-0.3, -0.25) is 25.0 Å². The van der Waals surface area contributed by atoms with E-state index in [4.69, 9.17) is 4.74 Å². The third-order valence-corrected chi connectivity index (χ3v) is 2.76. The van der Waals surface area contributed by atoms with Crippen LogP contribution in [0.1, 0.15) is 20.7 Å². The van der Waals surface area contributed by atoms with Crippen LogP contribution in [0.4, 0.5) is 11.4 Å². The monoisotopic (exact) mass is 316 g/mol. The number of aldehydes is 1. The highest BCUT2D eigenvalue weighted by Crippen LogP contribution is 2.24. The van der Waals surface area contributed by atoms with Crippen LogP contribution in [0.5, 0.6) is 5.75 Å². The molecule has 9 heteroatoms. The fourth-order valence-corrected chi connectivity index (χ4v) is 1.74. The van der Waals surface area contributed by atoms with Crippen molar-refractivity contribution in [1.82, 2.24) is 0 Å². The first-order chi connectivity index (χ1) is 10.9. The number of carbonyl (C=O) groups is 2. The summed E-state index contributed by atoms with van der Waals surface area (Å²) in [4.78, 5) is 42.5. The zero-order valence-corrected chi connectivity index (χ0v) is 11.4. The highest BCUT2D eigenvalue weighted by molar-refractivity contribution is 5.92. The molecule has 0 atom stereocenters. The molecule has 0 saturated carbocycles. The van der Waals surface area contributed by atoms with E-state index in [9.17, 15) is 29.8 Å². The summed E-state index contributed by atoms with van der Waals surface area (Å²) >= 11 is 0. The number of nitrogens with zero attached hydrogens (tertiary/aromatic N) is 2. The number of benzene rings is 2. The molecule has 0 spiro atoms. The molecule has 2 aromatic rings. The van der Waals surface area contributed by atoms with Crippen LogP contribution in [0.3, 0.4) is 0 Å². The molecular formula is C14H8N2O7. The molecule has 0 fully saturated rings. The number of nitro groups is 2. The van der Waals surface area contributed by atoms with Gasteiger partial charge in [-0.1, -0.05) is 12.1 Å². The molecule has 9 nitrogen and oxygen atoms in total. The Hall–Kier alpha value is -3.62. The highest BCUT2D eigenvalue weighted by Gasteiger charge is 2.21. The molecule has 116 valence electrons. The molecular weight excluding hydrogens is 308 g/mol. The summed E-state index contributed by atoms with van der Waals surface area (Å²) in [6.45, 7) is 0. The lowest BCUT2D eigenvalue weighted by Crippen LogP contribution is -2.09. The van der Waals surface area contributed by atoms with Gasteiger partial charge in [0.05, 0.1) is 21.5 Å². The van der Waals surface area contributed by atoms with Crippen molar-refractivity contribution >= 4 is 23.6 Å². The van der Waals surface area contributed by atoms with Gasteiger partial charge in [-0.2, -0.15) is 0 Å². The maximum absolute atomic E-state index is 12.0. The van der Waals surface area contributed by atoms with Gasteiger partial charge < -0.3 is 4.74 Å². The van der Waals surface area contributed by atoms with Crippen LogP contribution >= 0.6 is 0 Å². The molecule has 0 bridgehead atoms. The fourth-order valence-electron chi connectivity index (χ4n) is 1.74. The molecule has 0 heterocycles. The van der Waals surface area contributed by atoms with Gasteiger partial charge in [-0.05, 0) is 12.1 Å². The van der Waals surface area contributed by atoms with E-state index < -0.39 is 27.2 Å². The third-order valence-electron chi connectivity index (χ3n) is 2.76. The van der Waals surface area contributed by atoms with Crippen molar-refractivity contribution in [2.75, 3.05) is 0 Å². The van der Waals surface area contributed by atoms with Gasteiger partial charge in [-0.15, -0.1) is 0 Å². The first-order valence-corrected chi connectivity index (χ1v) is 6.12. The van der Waals surface area contributed by atoms with Crippen molar-refractivity contribution in [3.63, 3.8) is 0 Å². The molecule has 0 N–H and O–H groups in total. The molecule has 0 aliphatic rings. The van der Waals surface area contributed by atoms with E-state index in [0.29, 0.717) is 6.29 Å². The maximum Gasteiger partial charge on any atom is 0.344 e. The Bertz CT molecular complexity index is 784. The number of hydrogen-bond acceptors (Lipinski definition) is 7. The first kappa shape index (κ1) is 15.8. The van der Waals surface area contributed by atoms with Gasteiger partial charge in [-0.25, -0.2) is 4.79 Å². The number of ether oxygens (including phenoxy) is 1. The minimum absolute atomic E-state index is 0.0359. The summed E-state index contributed by atoms with van der Waals surface area (Å²) in [5.74, 6) is -0.978. The van der Waals surface area contributed by atoms with E-state index in [1.807, 2.05) is 0 Å². The molecule has 0 aliphatic heterocycles. The average Bonchev–Trinajstić information content (AvgIpc) is 2.54. The lowest BCUT2D eigenvalue weighted by Gasteiger charge is -2.05. The van der Waals surface area contributed by atoms with Gasteiger partial charge in [0.1, 0.15) is 12.0 Å². The molecule has 2 rings (SSSR count). The van der Waals surface area contributed by atoms with E-state index in [1.165, 1.54) is 24.3 Å². The molecule has 0 saturated heterocycles. The summed E-state index contributed by atoms with van der Waals surface area (Å²) in [7, 11) is 0. The van der Waals surface area contributed by atoms with Gasteiger partial charge >= 0.3 is 5.97 Å². The minimum Gasteiger partial charge on any atom is -0.423 e. The van der Waals surface area contributed by atoms with Crippen molar-refractivity contribution in [3.8, 4) is 5.75 Å². The minimum atomic E-state index is -1.01. The molecule has 0 unspecified atom stereocenters. The molecule has 2 aromatic carbocycles. The number of carbonyl (C=O) groups excluding carboxylic acids is 2. The quantitative estimate of drug-likeness (QED) is 0.272. The Balaban J connectivity index is 2.36. The summed E-state index contributed by atoms with van der Waals surface area (Å²) in [5.41, 5.74) is -1.29. The van der Waals surface area contributed by atoms with E-state index in [2.05, 4.69) is 0 Å². The van der Waals surface area contributed by atoms with Crippen LogP contribution in [0, 0.1) is 20.2 Å². The topological polar surface area (TPSA) is 130 Å². The van der Waals surface area contributed by atoms with Gasteiger partial charge in [0, 0.05) is 17.7 Å². The summed E-state index contributed by atoms with van der Waals surface area (Å²) in [6, 6.07) is 8.14. The van der Waals surface area contributed by atoms with Crippen LogP contribution in [0.25, 0.3) is 0 Å². The number of hydrogen-bond donors (Lipinski definition) is 0. The predicted octanol–water partition coefficient (Wildman–Crippen LogP) is 2.53. The van der Waals surface area contributed by atoms with Crippen molar-refractivity contribution < 1.29 is 24.2 Å². The summed E-state index contributed by atoms with van der Waals surface area (Å²) in [6.07, 6.45) is 0.551. The highest BCUT2D eigenvalue weighted by atomic mass is 16.6. The van der Waals surface area contributed by atoms with Crippen LogP contribution in [0.2, 0.25) is 0 Å². The fraction of sp³-hybridized carbons (Fsp3) is 0. The molecule has 0 aliphatic carbocycles. The van der Waals surface area contributed by atoms with Crippen LogP contribution in [-0.4, -0.2) is 22.1 Å². The smallest absolute Gasteiger partial charge is 0.344 e. The average molecular weight is 316 g/mol. The first-order valence-electron chi connectivity index (χ1n) is 6.12. The summed E-state index contributed by atoms with van der Waals surface area (Å²) < 4.78 is 4.97. The Morgan fingerprint density at radius 3 is 2.13 bits per heavy atom. The zero-order valence-electron chi connectivity index (χ0n) is 11.4. The second kappa shape index (κ2) is 6.43. The molecule has 23 heavy (non-hydrogen) atoms. The zero-order chi connectivity index (χ0) is 17.0. The molecule has 0 radical (unpaired) electrons. The number of non-ortho nitro benzene ring substituents is 2. The van der Waals surface area contributed by atoms with Gasteiger partial charge in [0.15, 0.2) is 0 Å². The van der Waals surface area contributed by atoms with Crippen LogP contribution in [-0.2, 0) is 0 Å². The normalized spacial score (nSPS) is 9.91. The number of nitro benzene ring substituents is 2.